The highest BCUT2D eigenvalue weighted by Crippen LogP contribution is 2.31. The molecule has 194 valence electrons. The first-order valence-corrected chi connectivity index (χ1v) is 13.2. The van der Waals surface area contributed by atoms with Crippen LogP contribution < -0.4 is 10.6 Å². The van der Waals surface area contributed by atoms with Gasteiger partial charge in [0.05, 0.1) is 17.1 Å². The van der Waals surface area contributed by atoms with Crippen LogP contribution in [0.5, 0.6) is 0 Å². The number of nitriles is 1. The fourth-order valence-corrected chi connectivity index (χ4v) is 5.17. The van der Waals surface area contributed by atoms with Gasteiger partial charge < -0.3 is 10.6 Å². The Bertz CT molecular complexity index is 1520. The van der Waals surface area contributed by atoms with Crippen molar-refractivity contribution in [1.82, 2.24) is 30.2 Å². The summed E-state index contributed by atoms with van der Waals surface area (Å²) in [5.74, 6) is 0.728. The summed E-state index contributed by atoms with van der Waals surface area (Å²) in [4.78, 5) is 32.8. The van der Waals surface area contributed by atoms with Crippen LogP contribution in [0.3, 0.4) is 0 Å². The molecule has 2 aromatic carbocycles. The van der Waals surface area contributed by atoms with E-state index in [0.717, 1.165) is 60.7 Å². The minimum absolute atomic E-state index is 0.161. The number of likely N-dealkylation sites (tertiary alicyclic amines) is 1. The monoisotopic (exact) mass is 516 g/mol. The summed E-state index contributed by atoms with van der Waals surface area (Å²) in [7, 11) is 0. The van der Waals surface area contributed by atoms with Gasteiger partial charge in [-0.15, -0.1) is 0 Å². The average molecular weight is 517 g/mol. The van der Waals surface area contributed by atoms with Gasteiger partial charge in [0.15, 0.2) is 0 Å². The molecule has 0 atom stereocenters. The third-order valence-electron chi connectivity index (χ3n) is 7.21. The standard InChI is InChI=1S/C30H28N8O/c31-18-26-32-15-11-25(36-26)34-23-12-16-38(17-13-23)19-20-6-8-22(9-7-20)27-28(21-4-2-1-3-5-21)37-29-24(35-27)10-14-33-30(29)39/h1-9,11,15,23H,10,12-14,16-17,19H2,(H,33,39)(H,32,34,36). The number of anilines is 1. The first kappa shape index (κ1) is 24.6. The zero-order chi connectivity index (χ0) is 26.6. The number of fused-ring (bicyclic) bond motifs is 1. The van der Waals surface area contributed by atoms with E-state index in [2.05, 4.69) is 49.8 Å². The number of benzene rings is 2. The van der Waals surface area contributed by atoms with Crippen LogP contribution in [-0.2, 0) is 13.0 Å². The average Bonchev–Trinajstić information content (AvgIpc) is 2.99. The predicted octanol–water partition coefficient (Wildman–Crippen LogP) is 3.83. The van der Waals surface area contributed by atoms with Gasteiger partial charge in [-0.25, -0.2) is 19.9 Å². The molecular weight excluding hydrogens is 488 g/mol. The Morgan fingerprint density at radius 3 is 2.44 bits per heavy atom. The van der Waals surface area contributed by atoms with E-state index in [1.807, 2.05) is 36.4 Å². The van der Waals surface area contributed by atoms with Crippen molar-refractivity contribution >= 4 is 11.7 Å². The number of hydrogen-bond donors (Lipinski definition) is 2. The number of amides is 1. The summed E-state index contributed by atoms with van der Waals surface area (Å²) in [6.45, 7) is 3.41. The van der Waals surface area contributed by atoms with E-state index in [1.165, 1.54) is 5.56 Å². The lowest BCUT2D eigenvalue weighted by atomic mass is 10.0. The highest BCUT2D eigenvalue weighted by atomic mass is 16.1. The van der Waals surface area contributed by atoms with Gasteiger partial charge in [-0.1, -0.05) is 54.6 Å². The molecule has 4 heterocycles. The molecule has 39 heavy (non-hydrogen) atoms. The first-order valence-electron chi connectivity index (χ1n) is 13.2. The zero-order valence-electron chi connectivity index (χ0n) is 21.5. The second-order valence-electron chi connectivity index (χ2n) is 9.86. The Morgan fingerprint density at radius 2 is 1.67 bits per heavy atom. The van der Waals surface area contributed by atoms with Gasteiger partial charge in [0.25, 0.3) is 5.91 Å². The summed E-state index contributed by atoms with van der Waals surface area (Å²) in [6.07, 6.45) is 4.29. The Hall–Kier alpha value is -4.68. The lowest BCUT2D eigenvalue weighted by Crippen LogP contribution is -2.38. The molecule has 4 aromatic rings. The molecule has 9 nitrogen and oxygen atoms in total. The largest absolute Gasteiger partial charge is 0.367 e. The van der Waals surface area contributed by atoms with Crippen molar-refractivity contribution in [2.75, 3.05) is 25.0 Å². The van der Waals surface area contributed by atoms with Gasteiger partial charge in [0.1, 0.15) is 17.6 Å². The highest BCUT2D eigenvalue weighted by molar-refractivity contribution is 5.95. The summed E-state index contributed by atoms with van der Waals surface area (Å²) < 4.78 is 0. The van der Waals surface area contributed by atoms with Gasteiger partial charge in [0.2, 0.25) is 5.82 Å². The maximum absolute atomic E-state index is 12.4. The van der Waals surface area contributed by atoms with Crippen molar-refractivity contribution in [2.24, 2.45) is 0 Å². The van der Waals surface area contributed by atoms with E-state index in [4.69, 9.17) is 15.2 Å². The molecule has 0 radical (unpaired) electrons. The van der Waals surface area contributed by atoms with Gasteiger partial charge in [0, 0.05) is 56.0 Å². The molecular formula is C30H28N8O. The zero-order valence-corrected chi connectivity index (χ0v) is 21.5. The van der Waals surface area contributed by atoms with Gasteiger partial charge in [-0.3, -0.25) is 9.69 Å². The van der Waals surface area contributed by atoms with Crippen LogP contribution in [0, 0.1) is 11.3 Å². The van der Waals surface area contributed by atoms with E-state index >= 15 is 0 Å². The van der Waals surface area contributed by atoms with Crippen molar-refractivity contribution < 1.29 is 4.79 Å². The van der Waals surface area contributed by atoms with Crippen LogP contribution in [-0.4, -0.2) is 56.4 Å². The number of hydrogen-bond acceptors (Lipinski definition) is 8. The fourth-order valence-electron chi connectivity index (χ4n) is 5.17. The topological polar surface area (TPSA) is 120 Å². The number of nitrogens with zero attached hydrogens (tertiary/aromatic N) is 6. The Balaban J connectivity index is 1.15. The molecule has 2 aromatic heterocycles. The lowest BCUT2D eigenvalue weighted by molar-refractivity contribution is 0.0939. The number of rotatable bonds is 6. The van der Waals surface area contributed by atoms with E-state index in [1.54, 1.807) is 12.3 Å². The second-order valence-corrected chi connectivity index (χ2v) is 9.86. The summed E-state index contributed by atoms with van der Waals surface area (Å²) in [6, 6.07) is 22.6. The number of aromatic nitrogens is 4. The van der Waals surface area contributed by atoms with Crippen molar-refractivity contribution in [3.05, 3.63) is 89.6 Å². The van der Waals surface area contributed by atoms with E-state index in [-0.39, 0.29) is 11.7 Å². The SMILES string of the molecule is N#Cc1nccc(NC2CCN(Cc3ccc(-c4nc5c(nc4-c4ccccc4)C(=O)NCC5)cc3)CC2)n1. The molecule has 9 heteroatoms. The highest BCUT2D eigenvalue weighted by Gasteiger charge is 2.24. The molecule has 1 amide bonds. The van der Waals surface area contributed by atoms with Crippen LogP contribution in [0.15, 0.2) is 66.9 Å². The number of carbonyl (C=O) groups excluding carboxylic acids is 1. The Morgan fingerprint density at radius 1 is 0.923 bits per heavy atom. The molecule has 6 rings (SSSR count). The van der Waals surface area contributed by atoms with E-state index in [0.29, 0.717) is 30.5 Å². The van der Waals surface area contributed by atoms with Crippen molar-refractivity contribution in [3.63, 3.8) is 0 Å². The van der Waals surface area contributed by atoms with Crippen LogP contribution in [0.4, 0.5) is 5.82 Å². The first-order chi connectivity index (χ1) is 19.2. The van der Waals surface area contributed by atoms with Crippen LogP contribution in [0.25, 0.3) is 22.5 Å². The normalized spacial score (nSPS) is 15.7. The third kappa shape index (κ3) is 5.47. The summed E-state index contributed by atoms with van der Waals surface area (Å²) >= 11 is 0. The molecule has 1 fully saturated rings. The minimum atomic E-state index is -0.161. The number of carbonyl (C=O) groups is 1. The number of piperidine rings is 1. The number of nitrogens with one attached hydrogen (secondary N) is 2. The summed E-state index contributed by atoms with van der Waals surface area (Å²) in [5, 5.41) is 15.3. The lowest BCUT2D eigenvalue weighted by Gasteiger charge is -2.32. The van der Waals surface area contributed by atoms with Crippen LogP contribution >= 0.6 is 0 Å². The maximum Gasteiger partial charge on any atom is 0.271 e. The molecule has 2 aliphatic rings. The Labute approximate surface area is 227 Å². The molecule has 2 N–H and O–H groups in total. The molecule has 1 saturated heterocycles. The quantitative estimate of drug-likeness (QED) is 0.397. The van der Waals surface area contributed by atoms with Gasteiger partial charge in [-0.2, -0.15) is 5.26 Å². The summed E-state index contributed by atoms with van der Waals surface area (Å²) in [5.41, 5.74) is 5.86. The second kappa shape index (κ2) is 11.0. The Kier molecular flexibility index (Phi) is 6.93. The molecule has 0 unspecified atom stereocenters. The smallest absolute Gasteiger partial charge is 0.271 e. The van der Waals surface area contributed by atoms with Crippen molar-refractivity contribution in [3.8, 4) is 28.6 Å². The molecule has 2 aliphatic heterocycles. The van der Waals surface area contributed by atoms with Gasteiger partial charge >= 0.3 is 0 Å². The van der Waals surface area contributed by atoms with Gasteiger partial charge in [-0.05, 0) is 24.5 Å². The molecule has 0 spiro atoms. The molecule has 0 bridgehead atoms. The molecule has 0 saturated carbocycles. The fraction of sp³-hybridized carbons (Fsp3) is 0.267. The van der Waals surface area contributed by atoms with Crippen molar-refractivity contribution in [2.45, 2.75) is 31.8 Å². The van der Waals surface area contributed by atoms with E-state index in [9.17, 15) is 4.79 Å². The third-order valence-corrected chi connectivity index (χ3v) is 7.21. The van der Waals surface area contributed by atoms with Crippen molar-refractivity contribution in [1.29, 1.82) is 5.26 Å². The van der Waals surface area contributed by atoms with Crippen LogP contribution in [0.2, 0.25) is 0 Å². The van der Waals surface area contributed by atoms with Crippen LogP contribution in [0.1, 0.15) is 40.4 Å². The molecule has 0 aliphatic carbocycles. The van der Waals surface area contributed by atoms with E-state index < -0.39 is 0 Å². The maximum atomic E-state index is 12.4. The minimum Gasteiger partial charge on any atom is -0.367 e. The predicted molar refractivity (Wildman–Crippen MR) is 148 cm³/mol.